The standard InChI is InChI=1S/C17H19BrN2O3S/c1-12-4-6-15(7-5-12)24(21,22)17(16-3-2-8-20-16)23-14-9-13(18)10-19-11-14/h4-7,9-11,16-17,20H,2-3,8H2,1H3/t16-,17?/m0/s1. The number of nitrogens with one attached hydrogen (secondary N) is 1. The molecule has 7 heteroatoms. The Hall–Kier alpha value is -1.44. The molecule has 1 N–H and O–H groups in total. The molecule has 1 aromatic carbocycles. The Balaban J connectivity index is 1.96. The summed E-state index contributed by atoms with van der Waals surface area (Å²) in [5.74, 6) is 0.429. The second-order valence-electron chi connectivity index (χ2n) is 5.89. The zero-order valence-corrected chi connectivity index (χ0v) is 15.7. The highest BCUT2D eigenvalue weighted by atomic mass is 79.9. The van der Waals surface area contributed by atoms with Crippen molar-refractivity contribution in [2.75, 3.05) is 6.54 Å². The molecule has 1 aromatic heterocycles. The van der Waals surface area contributed by atoms with Gasteiger partial charge in [0, 0.05) is 10.7 Å². The van der Waals surface area contributed by atoms with Gasteiger partial charge in [0.2, 0.25) is 15.3 Å². The number of nitrogens with zero attached hydrogens (tertiary/aromatic N) is 1. The smallest absolute Gasteiger partial charge is 0.218 e. The van der Waals surface area contributed by atoms with Crippen LogP contribution in [-0.4, -0.2) is 31.4 Å². The second-order valence-corrected chi connectivity index (χ2v) is 8.83. The molecular weight excluding hydrogens is 392 g/mol. The Morgan fingerprint density at radius 1 is 1.29 bits per heavy atom. The number of hydrogen-bond donors (Lipinski definition) is 1. The first kappa shape index (κ1) is 17.4. The lowest BCUT2D eigenvalue weighted by Crippen LogP contribution is -2.44. The predicted molar refractivity (Wildman–Crippen MR) is 95.7 cm³/mol. The van der Waals surface area contributed by atoms with E-state index in [0.29, 0.717) is 5.75 Å². The van der Waals surface area contributed by atoms with E-state index in [-0.39, 0.29) is 10.9 Å². The number of aromatic nitrogens is 1. The van der Waals surface area contributed by atoms with Crippen LogP contribution in [0, 0.1) is 6.92 Å². The number of aryl methyl sites for hydroxylation is 1. The molecule has 0 aliphatic carbocycles. The Morgan fingerprint density at radius 3 is 2.67 bits per heavy atom. The summed E-state index contributed by atoms with van der Waals surface area (Å²) in [6.07, 6.45) is 4.85. The van der Waals surface area contributed by atoms with Crippen LogP contribution in [0.5, 0.6) is 5.75 Å². The molecule has 1 unspecified atom stereocenters. The van der Waals surface area contributed by atoms with Gasteiger partial charge in [-0.2, -0.15) is 0 Å². The minimum atomic E-state index is -3.64. The van der Waals surface area contributed by atoms with Crippen molar-refractivity contribution in [3.05, 3.63) is 52.8 Å². The molecule has 2 heterocycles. The number of pyridine rings is 1. The molecule has 0 spiro atoms. The minimum absolute atomic E-state index is 0.240. The third-order valence-electron chi connectivity index (χ3n) is 4.01. The number of sulfone groups is 1. The average molecular weight is 411 g/mol. The lowest BCUT2D eigenvalue weighted by molar-refractivity contribution is 0.230. The maximum atomic E-state index is 13.1. The molecule has 128 valence electrons. The van der Waals surface area contributed by atoms with Gasteiger partial charge >= 0.3 is 0 Å². The van der Waals surface area contributed by atoms with Gasteiger partial charge in [-0.3, -0.25) is 4.98 Å². The van der Waals surface area contributed by atoms with Crippen LogP contribution in [-0.2, 0) is 9.84 Å². The third kappa shape index (κ3) is 3.79. The molecule has 1 aliphatic heterocycles. The fourth-order valence-electron chi connectivity index (χ4n) is 2.76. The van der Waals surface area contributed by atoms with Gasteiger partial charge in [-0.25, -0.2) is 8.42 Å². The van der Waals surface area contributed by atoms with Crippen molar-refractivity contribution in [1.29, 1.82) is 0 Å². The van der Waals surface area contributed by atoms with Crippen LogP contribution >= 0.6 is 15.9 Å². The van der Waals surface area contributed by atoms with Crippen LogP contribution < -0.4 is 10.1 Å². The highest BCUT2D eigenvalue weighted by molar-refractivity contribution is 9.10. The summed E-state index contributed by atoms with van der Waals surface area (Å²) in [6.45, 7) is 2.72. The Labute approximate surface area is 150 Å². The summed E-state index contributed by atoms with van der Waals surface area (Å²) in [4.78, 5) is 4.32. The summed E-state index contributed by atoms with van der Waals surface area (Å²) in [5, 5.41) is 3.24. The number of halogens is 1. The summed E-state index contributed by atoms with van der Waals surface area (Å²) in [6, 6.07) is 8.35. The molecule has 0 amide bonds. The van der Waals surface area contributed by atoms with E-state index in [1.807, 2.05) is 6.92 Å². The maximum Gasteiger partial charge on any atom is 0.218 e. The van der Waals surface area contributed by atoms with Crippen LogP contribution in [0.4, 0.5) is 0 Å². The highest BCUT2D eigenvalue weighted by Gasteiger charge is 2.38. The van der Waals surface area contributed by atoms with Gasteiger partial charge in [-0.05, 0) is 60.4 Å². The molecular formula is C17H19BrN2O3S. The normalized spacial score (nSPS) is 19.2. The molecule has 1 fully saturated rings. The summed E-state index contributed by atoms with van der Waals surface area (Å²) in [7, 11) is -3.64. The van der Waals surface area contributed by atoms with Crippen molar-refractivity contribution < 1.29 is 13.2 Å². The molecule has 2 aromatic rings. The molecule has 0 radical (unpaired) electrons. The van der Waals surface area contributed by atoms with Crippen molar-refractivity contribution >= 4 is 25.8 Å². The first-order valence-electron chi connectivity index (χ1n) is 7.78. The van der Waals surface area contributed by atoms with Crippen molar-refractivity contribution in [2.24, 2.45) is 0 Å². The van der Waals surface area contributed by atoms with Crippen molar-refractivity contribution in [2.45, 2.75) is 36.1 Å². The average Bonchev–Trinajstić information content (AvgIpc) is 3.07. The molecule has 0 saturated carbocycles. The van der Waals surface area contributed by atoms with Crippen molar-refractivity contribution in [3.63, 3.8) is 0 Å². The number of hydrogen-bond acceptors (Lipinski definition) is 5. The van der Waals surface area contributed by atoms with Gasteiger partial charge < -0.3 is 10.1 Å². The largest absolute Gasteiger partial charge is 0.471 e. The SMILES string of the molecule is Cc1ccc(S(=O)(=O)C(Oc2cncc(Br)c2)[C@@H]2CCCN2)cc1. The Bertz CT molecular complexity index is 803. The van der Waals surface area contributed by atoms with Crippen LogP contribution in [0.15, 0.2) is 52.1 Å². The zero-order valence-electron chi connectivity index (χ0n) is 13.3. The molecule has 3 rings (SSSR count). The van der Waals surface area contributed by atoms with Crippen molar-refractivity contribution in [1.82, 2.24) is 10.3 Å². The number of ether oxygens (including phenoxy) is 1. The van der Waals surface area contributed by atoms with E-state index in [2.05, 4.69) is 26.2 Å². The third-order valence-corrected chi connectivity index (χ3v) is 6.41. The van der Waals surface area contributed by atoms with E-state index in [9.17, 15) is 8.42 Å². The lowest BCUT2D eigenvalue weighted by atomic mass is 10.2. The van der Waals surface area contributed by atoms with Crippen LogP contribution in [0.25, 0.3) is 0 Å². The summed E-state index contributed by atoms with van der Waals surface area (Å²) in [5.41, 5.74) is 0.0282. The second kappa shape index (κ2) is 7.21. The quantitative estimate of drug-likeness (QED) is 0.819. The molecule has 0 bridgehead atoms. The van der Waals surface area contributed by atoms with Crippen LogP contribution in [0.2, 0.25) is 0 Å². The first-order chi connectivity index (χ1) is 11.5. The molecule has 1 saturated heterocycles. The van der Waals surface area contributed by atoms with Gasteiger partial charge in [0.1, 0.15) is 5.75 Å². The Kier molecular flexibility index (Phi) is 5.22. The maximum absolute atomic E-state index is 13.1. The van der Waals surface area contributed by atoms with E-state index in [1.54, 1.807) is 36.5 Å². The van der Waals surface area contributed by atoms with Crippen LogP contribution in [0.1, 0.15) is 18.4 Å². The van der Waals surface area contributed by atoms with Crippen LogP contribution in [0.3, 0.4) is 0 Å². The van der Waals surface area contributed by atoms with E-state index < -0.39 is 15.3 Å². The minimum Gasteiger partial charge on any atom is -0.471 e. The Morgan fingerprint density at radius 2 is 2.04 bits per heavy atom. The highest BCUT2D eigenvalue weighted by Crippen LogP contribution is 2.27. The fraction of sp³-hybridized carbons (Fsp3) is 0.353. The van der Waals surface area contributed by atoms with Crippen molar-refractivity contribution in [3.8, 4) is 5.75 Å². The molecule has 2 atom stereocenters. The predicted octanol–water partition coefficient (Wildman–Crippen LogP) is 3.08. The fourth-order valence-corrected chi connectivity index (χ4v) is 4.79. The molecule has 24 heavy (non-hydrogen) atoms. The van der Waals surface area contributed by atoms with Gasteiger partial charge in [0.15, 0.2) is 0 Å². The van der Waals surface area contributed by atoms with Gasteiger partial charge in [0.25, 0.3) is 0 Å². The first-order valence-corrected chi connectivity index (χ1v) is 10.1. The van der Waals surface area contributed by atoms with E-state index in [1.165, 1.54) is 6.20 Å². The molecule has 1 aliphatic rings. The summed E-state index contributed by atoms with van der Waals surface area (Å²) >= 11 is 3.33. The summed E-state index contributed by atoms with van der Waals surface area (Å²) < 4.78 is 32.9. The molecule has 5 nitrogen and oxygen atoms in total. The monoisotopic (exact) mass is 410 g/mol. The lowest BCUT2D eigenvalue weighted by Gasteiger charge is -2.25. The van der Waals surface area contributed by atoms with Gasteiger partial charge in [-0.15, -0.1) is 0 Å². The van der Waals surface area contributed by atoms with E-state index >= 15 is 0 Å². The van der Waals surface area contributed by atoms with Gasteiger partial charge in [-0.1, -0.05) is 17.7 Å². The van der Waals surface area contributed by atoms with Gasteiger partial charge in [0.05, 0.1) is 17.1 Å². The topological polar surface area (TPSA) is 68.3 Å². The van der Waals surface area contributed by atoms with E-state index in [4.69, 9.17) is 4.74 Å². The zero-order chi connectivity index (χ0) is 17.2. The number of benzene rings is 1. The number of rotatable bonds is 5. The van der Waals surface area contributed by atoms with E-state index in [0.717, 1.165) is 29.4 Å².